The normalized spacial score (nSPS) is 14.8. The lowest BCUT2D eigenvalue weighted by molar-refractivity contribution is -0.124. The summed E-state index contributed by atoms with van der Waals surface area (Å²) < 4.78 is 5.13. The Morgan fingerprint density at radius 2 is 1.80 bits per heavy atom. The molecule has 110 valence electrons. The Morgan fingerprint density at radius 1 is 1.25 bits per heavy atom. The zero-order valence-corrected chi connectivity index (χ0v) is 12.0. The van der Waals surface area contributed by atoms with Crippen LogP contribution in [0.4, 0.5) is 4.79 Å². The summed E-state index contributed by atoms with van der Waals surface area (Å²) >= 11 is 0. The maximum atomic E-state index is 11.5. The van der Waals surface area contributed by atoms with Crippen LogP contribution in [0.25, 0.3) is 0 Å². The first-order valence-electron chi connectivity index (χ1n) is 6.33. The van der Waals surface area contributed by atoms with Gasteiger partial charge < -0.3 is 10.1 Å². The Bertz CT molecular complexity index is 404. The highest BCUT2D eigenvalue weighted by atomic mass is 16.6. The summed E-state index contributed by atoms with van der Waals surface area (Å²) in [6, 6.07) is 0. The molecule has 7 nitrogen and oxygen atoms in total. The summed E-state index contributed by atoms with van der Waals surface area (Å²) in [6.45, 7) is 6.51. The number of nitrogens with one attached hydrogen (secondary N) is 1. The van der Waals surface area contributed by atoms with Crippen LogP contribution >= 0.6 is 0 Å². The fourth-order valence-electron chi connectivity index (χ4n) is 1.37. The van der Waals surface area contributed by atoms with Gasteiger partial charge in [-0.15, -0.1) is 0 Å². The van der Waals surface area contributed by atoms with Crippen LogP contribution in [0.3, 0.4) is 0 Å². The van der Waals surface area contributed by atoms with Crippen molar-refractivity contribution < 1.29 is 14.3 Å². The van der Waals surface area contributed by atoms with Gasteiger partial charge in [0.05, 0.1) is 0 Å². The number of hydrogen-bond donors (Lipinski definition) is 1. The van der Waals surface area contributed by atoms with E-state index in [1.165, 1.54) is 4.90 Å². The minimum atomic E-state index is -0.509. The van der Waals surface area contributed by atoms with Crippen molar-refractivity contribution in [2.75, 3.05) is 19.6 Å². The molecule has 1 fully saturated rings. The van der Waals surface area contributed by atoms with Gasteiger partial charge in [-0.1, -0.05) is 0 Å². The second-order valence-corrected chi connectivity index (χ2v) is 5.15. The van der Waals surface area contributed by atoms with Gasteiger partial charge >= 0.3 is 6.09 Å². The molecule has 0 aliphatic carbocycles. The summed E-state index contributed by atoms with van der Waals surface area (Å²) in [5.74, 6) is -0.137. The van der Waals surface area contributed by atoms with Gasteiger partial charge in [0, 0.05) is 37.9 Å². The van der Waals surface area contributed by atoms with Crippen molar-refractivity contribution in [1.82, 2.24) is 20.2 Å². The third-order valence-electron chi connectivity index (χ3n) is 2.17. The summed E-state index contributed by atoms with van der Waals surface area (Å²) in [7, 11) is 0. The lowest BCUT2D eigenvalue weighted by atomic mass is 10.2. The third-order valence-corrected chi connectivity index (χ3v) is 2.17. The molecule has 0 unspecified atom stereocenters. The molecule has 1 aromatic rings. The minimum Gasteiger partial charge on any atom is -0.444 e. The molecule has 2 rings (SSSR count). The van der Waals surface area contributed by atoms with Crippen molar-refractivity contribution in [3.8, 4) is 0 Å². The summed E-state index contributed by atoms with van der Waals surface area (Å²) in [4.78, 5) is 31.3. The molecule has 0 spiro atoms. The third kappa shape index (κ3) is 6.67. The number of aromatic nitrogens is 2. The Morgan fingerprint density at radius 3 is 2.20 bits per heavy atom. The molecule has 0 aromatic carbocycles. The fourth-order valence-corrected chi connectivity index (χ4v) is 1.37. The maximum Gasteiger partial charge on any atom is 0.410 e. The van der Waals surface area contributed by atoms with E-state index in [0.29, 0.717) is 13.1 Å². The Hall–Kier alpha value is -2.18. The molecular formula is C13H20N4O3. The van der Waals surface area contributed by atoms with E-state index >= 15 is 0 Å². The molecule has 0 bridgehead atoms. The smallest absolute Gasteiger partial charge is 0.410 e. The van der Waals surface area contributed by atoms with E-state index in [9.17, 15) is 9.59 Å². The number of carbonyl (C=O) groups is 2. The summed E-state index contributed by atoms with van der Waals surface area (Å²) in [5.41, 5.74) is -0.509. The van der Waals surface area contributed by atoms with Crippen molar-refractivity contribution in [1.29, 1.82) is 0 Å². The standard InChI is InChI=1S/C9H16N2O3.C4H4N2/c1-9(2,3)14-8(13)11-5-4-10-7(12)6-11;1-2-6-4-3-5-1/h4-6H2,1-3H3,(H,10,12);1-4H. The molecule has 0 atom stereocenters. The predicted octanol–water partition coefficient (Wildman–Crippen LogP) is 0.830. The van der Waals surface area contributed by atoms with Crippen molar-refractivity contribution in [3.05, 3.63) is 24.8 Å². The topological polar surface area (TPSA) is 84.4 Å². The zero-order chi connectivity index (χ0) is 15.0. The van der Waals surface area contributed by atoms with Gasteiger partial charge in [0.15, 0.2) is 0 Å². The molecule has 1 N–H and O–H groups in total. The molecule has 0 saturated carbocycles. The van der Waals surface area contributed by atoms with E-state index in [1.807, 2.05) is 0 Å². The SMILES string of the molecule is CC(C)(C)OC(=O)N1CCNC(=O)C1.c1cnccn1. The first kappa shape index (κ1) is 15.9. The van der Waals surface area contributed by atoms with E-state index in [2.05, 4.69) is 15.3 Å². The first-order chi connectivity index (χ1) is 9.38. The van der Waals surface area contributed by atoms with Gasteiger partial charge in [-0.3, -0.25) is 19.7 Å². The van der Waals surface area contributed by atoms with Gasteiger partial charge in [0.1, 0.15) is 12.1 Å². The second-order valence-electron chi connectivity index (χ2n) is 5.15. The minimum absolute atomic E-state index is 0.0922. The highest BCUT2D eigenvalue weighted by molar-refractivity contribution is 5.83. The number of piperazine rings is 1. The molecule has 7 heteroatoms. The maximum absolute atomic E-state index is 11.5. The molecule has 1 aromatic heterocycles. The van der Waals surface area contributed by atoms with Crippen molar-refractivity contribution in [2.45, 2.75) is 26.4 Å². The number of hydrogen-bond acceptors (Lipinski definition) is 5. The van der Waals surface area contributed by atoms with Crippen LogP contribution in [0.15, 0.2) is 24.8 Å². The number of nitrogens with zero attached hydrogens (tertiary/aromatic N) is 3. The first-order valence-corrected chi connectivity index (χ1v) is 6.33. The van der Waals surface area contributed by atoms with Crippen LogP contribution in [0, 0.1) is 0 Å². The van der Waals surface area contributed by atoms with Crippen molar-refractivity contribution in [3.63, 3.8) is 0 Å². The Kier molecular flexibility index (Phi) is 5.89. The average molecular weight is 280 g/mol. The second kappa shape index (κ2) is 7.42. The molecule has 1 aliphatic heterocycles. The molecule has 0 radical (unpaired) electrons. The number of ether oxygens (including phenoxy) is 1. The van der Waals surface area contributed by atoms with Crippen molar-refractivity contribution >= 4 is 12.0 Å². The van der Waals surface area contributed by atoms with Crippen molar-refractivity contribution in [2.24, 2.45) is 0 Å². The van der Waals surface area contributed by atoms with Gasteiger partial charge in [-0.25, -0.2) is 4.79 Å². The Balaban J connectivity index is 0.000000276. The lowest BCUT2D eigenvalue weighted by Gasteiger charge is -2.29. The van der Waals surface area contributed by atoms with Crippen LogP contribution in [0.5, 0.6) is 0 Å². The molecule has 20 heavy (non-hydrogen) atoms. The van der Waals surface area contributed by atoms with E-state index in [1.54, 1.807) is 45.6 Å². The van der Waals surface area contributed by atoms with E-state index < -0.39 is 11.7 Å². The number of amides is 2. The van der Waals surface area contributed by atoms with Crippen LogP contribution in [0.1, 0.15) is 20.8 Å². The van der Waals surface area contributed by atoms with Crippen LogP contribution in [-0.4, -0.2) is 52.1 Å². The van der Waals surface area contributed by atoms with Crippen LogP contribution in [-0.2, 0) is 9.53 Å². The molecule has 2 amide bonds. The summed E-state index contributed by atoms with van der Waals surface area (Å²) in [5, 5.41) is 2.64. The molecule has 2 heterocycles. The molecular weight excluding hydrogens is 260 g/mol. The summed E-state index contributed by atoms with van der Waals surface area (Å²) in [6.07, 6.45) is 6.13. The number of rotatable bonds is 0. The molecule has 1 saturated heterocycles. The lowest BCUT2D eigenvalue weighted by Crippen LogP contribution is -2.51. The molecule has 1 aliphatic rings. The van der Waals surface area contributed by atoms with E-state index in [-0.39, 0.29) is 12.5 Å². The van der Waals surface area contributed by atoms with E-state index in [0.717, 1.165) is 0 Å². The Labute approximate surface area is 118 Å². The predicted molar refractivity (Wildman–Crippen MR) is 72.8 cm³/mol. The highest BCUT2D eigenvalue weighted by Gasteiger charge is 2.25. The van der Waals surface area contributed by atoms with Gasteiger partial charge in [-0.2, -0.15) is 0 Å². The highest BCUT2D eigenvalue weighted by Crippen LogP contribution is 2.10. The van der Waals surface area contributed by atoms with Crippen LogP contribution in [0.2, 0.25) is 0 Å². The van der Waals surface area contributed by atoms with Gasteiger partial charge in [0.2, 0.25) is 5.91 Å². The quantitative estimate of drug-likeness (QED) is 0.761. The zero-order valence-electron chi connectivity index (χ0n) is 12.0. The fraction of sp³-hybridized carbons (Fsp3) is 0.538. The van der Waals surface area contributed by atoms with E-state index in [4.69, 9.17) is 4.74 Å². The van der Waals surface area contributed by atoms with Crippen LogP contribution < -0.4 is 5.32 Å². The number of carbonyl (C=O) groups excluding carboxylic acids is 2. The average Bonchev–Trinajstić information content (AvgIpc) is 2.39. The monoisotopic (exact) mass is 280 g/mol. The van der Waals surface area contributed by atoms with Gasteiger partial charge in [0.25, 0.3) is 0 Å². The largest absolute Gasteiger partial charge is 0.444 e. The van der Waals surface area contributed by atoms with Gasteiger partial charge in [-0.05, 0) is 20.8 Å².